The summed E-state index contributed by atoms with van der Waals surface area (Å²) in [6, 6.07) is 11.5. The first-order chi connectivity index (χ1) is 10.3. The molecule has 2 heterocycles. The van der Waals surface area contributed by atoms with Crippen LogP contribution in [0.1, 0.15) is 25.7 Å². The third-order valence-corrected chi connectivity index (χ3v) is 5.24. The number of likely N-dealkylation sites (tertiary alicyclic amines) is 1. The molecule has 0 radical (unpaired) electrons. The van der Waals surface area contributed by atoms with Crippen LogP contribution in [-0.2, 0) is 0 Å². The third-order valence-electron chi connectivity index (χ3n) is 5.24. The number of anilines is 1. The summed E-state index contributed by atoms with van der Waals surface area (Å²) in [5, 5.41) is 3.47. The van der Waals surface area contributed by atoms with Gasteiger partial charge in [0.25, 0.3) is 0 Å². The zero-order valence-corrected chi connectivity index (χ0v) is 13.3. The maximum atomic E-state index is 3.47. The van der Waals surface area contributed by atoms with Gasteiger partial charge in [-0.3, -0.25) is 0 Å². The Hall–Kier alpha value is -1.06. The fourth-order valence-corrected chi connectivity index (χ4v) is 3.79. The molecule has 0 atom stereocenters. The quantitative estimate of drug-likeness (QED) is 0.918. The molecule has 3 heteroatoms. The second-order valence-electron chi connectivity index (χ2n) is 6.67. The maximum Gasteiger partial charge on any atom is 0.0366 e. The number of piperidine rings is 2. The number of hydrogen-bond acceptors (Lipinski definition) is 3. The summed E-state index contributed by atoms with van der Waals surface area (Å²) in [5.41, 5.74) is 1.36. The molecule has 3 rings (SSSR count). The van der Waals surface area contributed by atoms with Crippen LogP contribution in [0, 0.1) is 5.92 Å². The van der Waals surface area contributed by atoms with Gasteiger partial charge in [-0.25, -0.2) is 0 Å². The average molecular weight is 287 g/mol. The Morgan fingerprint density at radius 3 is 2.38 bits per heavy atom. The lowest BCUT2D eigenvalue weighted by atomic mass is 9.95. The topological polar surface area (TPSA) is 18.5 Å². The SMILES string of the molecule is CN(c1ccccc1)C1CCN(CC2CCNCC2)CC1. The van der Waals surface area contributed by atoms with Crippen molar-refractivity contribution in [2.75, 3.05) is 44.7 Å². The summed E-state index contributed by atoms with van der Waals surface area (Å²) in [4.78, 5) is 5.17. The fraction of sp³-hybridized carbons (Fsp3) is 0.667. The van der Waals surface area contributed by atoms with E-state index in [1.165, 1.54) is 64.1 Å². The van der Waals surface area contributed by atoms with E-state index in [9.17, 15) is 0 Å². The van der Waals surface area contributed by atoms with Gasteiger partial charge < -0.3 is 15.1 Å². The lowest BCUT2D eigenvalue weighted by Gasteiger charge is -2.39. The lowest BCUT2D eigenvalue weighted by Crippen LogP contribution is -2.45. The van der Waals surface area contributed by atoms with E-state index >= 15 is 0 Å². The number of rotatable bonds is 4. The first-order valence-corrected chi connectivity index (χ1v) is 8.54. The number of hydrogen-bond donors (Lipinski definition) is 1. The molecule has 0 saturated carbocycles. The van der Waals surface area contributed by atoms with E-state index in [4.69, 9.17) is 0 Å². The molecule has 1 aromatic carbocycles. The van der Waals surface area contributed by atoms with E-state index in [2.05, 4.69) is 52.5 Å². The van der Waals surface area contributed by atoms with Gasteiger partial charge in [-0.2, -0.15) is 0 Å². The van der Waals surface area contributed by atoms with E-state index in [0.717, 1.165) is 5.92 Å². The molecule has 2 aliphatic rings. The fourth-order valence-electron chi connectivity index (χ4n) is 3.79. The van der Waals surface area contributed by atoms with Crippen LogP contribution >= 0.6 is 0 Å². The van der Waals surface area contributed by atoms with E-state index < -0.39 is 0 Å². The zero-order valence-electron chi connectivity index (χ0n) is 13.3. The summed E-state index contributed by atoms with van der Waals surface area (Å²) >= 11 is 0. The van der Waals surface area contributed by atoms with Crippen LogP contribution in [0.2, 0.25) is 0 Å². The molecule has 0 unspecified atom stereocenters. The van der Waals surface area contributed by atoms with Gasteiger partial charge in [0.1, 0.15) is 0 Å². The standard InChI is InChI=1S/C18H29N3/c1-20(17-5-3-2-4-6-17)18-9-13-21(14-10-18)15-16-7-11-19-12-8-16/h2-6,16,18-19H,7-15H2,1H3. The van der Waals surface area contributed by atoms with Crippen molar-refractivity contribution in [3.8, 4) is 0 Å². The molecule has 2 fully saturated rings. The number of nitrogens with zero attached hydrogens (tertiary/aromatic N) is 2. The van der Waals surface area contributed by atoms with Crippen LogP contribution in [0.4, 0.5) is 5.69 Å². The van der Waals surface area contributed by atoms with Crippen molar-refractivity contribution in [1.82, 2.24) is 10.2 Å². The van der Waals surface area contributed by atoms with Crippen molar-refractivity contribution in [2.45, 2.75) is 31.7 Å². The van der Waals surface area contributed by atoms with E-state index in [1.807, 2.05) is 0 Å². The predicted molar refractivity (Wildman–Crippen MR) is 89.9 cm³/mol. The van der Waals surface area contributed by atoms with Gasteiger partial charge in [0, 0.05) is 38.4 Å². The van der Waals surface area contributed by atoms with Gasteiger partial charge in [0.15, 0.2) is 0 Å². The molecular formula is C18H29N3. The van der Waals surface area contributed by atoms with Crippen molar-refractivity contribution >= 4 is 5.69 Å². The highest BCUT2D eigenvalue weighted by Gasteiger charge is 2.24. The highest BCUT2D eigenvalue weighted by molar-refractivity contribution is 5.46. The minimum Gasteiger partial charge on any atom is -0.372 e. The van der Waals surface area contributed by atoms with Gasteiger partial charge in [-0.05, 0) is 56.8 Å². The van der Waals surface area contributed by atoms with Crippen molar-refractivity contribution in [3.63, 3.8) is 0 Å². The van der Waals surface area contributed by atoms with Crippen LogP contribution in [0.15, 0.2) is 30.3 Å². The second-order valence-corrected chi connectivity index (χ2v) is 6.67. The highest BCUT2D eigenvalue weighted by atomic mass is 15.2. The number of para-hydroxylation sites is 1. The van der Waals surface area contributed by atoms with Crippen molar-refractivity contribution in [1.29, 1.82) is 0 Å². The van der Waals surface area contributed by atoms with Gasteiger partial charge in [-0.1, -0.05) is 18.2 Å². The minimum atomic E-state index is 0.705. The predicted octanol–water partition coefficient (Wildman–Crippen LogP) is 2.59. The Morgan fingerprint density at radius 2 is 1.71 bits per heavy atom. The summed E-state index contributed by atoms with van der Waals surface area (Å²) in [5.74, 6) is 0.926. The minimum absolute atomic E-state index is 0.705. The zero-order chi connectivity index (χ0) is 14.5. The van der Waals surface area contributed by atoms with Gasteiger partial charge >= 0.3 is 0 Å². The molecule has 1 aromatic rings. The number of benzene rings is 1. The molecule has 116 valence electrons. The molecule has 2 aliphatic heterocycles. The third kappa shape index (κ3) is 3.98. The Balaban J connectivity index is 1.46. The Kier molecular flexibility index (Phi) is 5.15. The maximum absolute atomic E-state index is 3.47. The molecule has 0 aromatic heterocycles. The smallest absolute Gasteiger partial charge is 0.0366 e. The molecule has 3 nitrogen and oxygen atoms in total. The Labute approximate surface area is 129 Å². The van der Waals surface area contributed by atoms with Crippen LogP contribution < -0.4 is 10.2 Å². The molecule has 0 amide bonds. The van der Waals surface area contributed by atoms with Crippen LogP contribution in [-0.4, -0.2) is 50.7 Å². The Morgan fingerprint density at radius 1 is 1.05 bits per heavy atom. The highest BCUT2D eigenvalue weighted by Crippen LogP contribution is 2.23. The normalized spacial score (nSPS) is 22.3. The largest absolute Gasteiger partial charge is 0.372 e. The molecule has 0 aliphatic carbocycles. The first kappa shape index (κ1) is 14.9. The first-order valence-electron chi connectivity index (χ1n) is 8.54. The van der Waals surface area contributed by atoms with Gasteiger partial charge in [0.05, 0.1) is 0 Å². The molecule has 0 bridgehead atoms. The van der Waals surface area contributed by atoms with Crippen molar-refractivity contribution in [2.24, 2.45) is 5.92 Å². The van der Waals surface area contributed by atoms with E-state index in [1.54, 1.807) is 0 Å². The summed E-state index contributed by atoms with van der Waals surface area (Å²) < 4.78 is 0. The molecule has 2 saturated heterocycles. The van der Waals surface area contributed by atoms with Crippen LogP contribution in [0.5, 0.6) is 0 Å². The molecule has 21 heavy (non-hydrogen) atoms. The van der Waals surface area contributed by atoms with E-state index in [0.29, 0.717) is 6.04 Å². The van der Waals surface area contributed by atoms with Crippen molar-refractivity contribution < 1.29 is 0 Å². The van der Waals surface area contributed by atoms with Gasteiger partial charge in [-0.15, -0.1) is 0 Å². The lowest BCUT2D eigenvalue weighted by molar-refractivity contribution is 0.166. The van der Waals surface area contributed by atoms with Gasteiger partial charge in [0.2, 0.25) is 0 Å². The average Bonchev–Trinajstić information content (AvgIpc) is 2.57. The van der Waals surface area contributed by atoms with Crippen LogP contribution in [0.3, 0.4) is 0 Å². The number of nitrogens with one attached hydrogen (secondary N) is 1. The summed E-state index contributed by atoms with van der Waals surface area (Å²) in [7, 11) is 2.25. The van der Waals surface area contributed by atoms with E-state index in [-0.39, 0.29) is 0 Å². The Bertz CT molecular complexity index is 406. The second kappa shape index (κ2) is 7.28. The molecular weight excluding hydrogens is 258 g/mol. The molecule has 0 spiro atoms. The monoisotopic (exact) mass is 287 g/mol. The summed E-state index contributed by atoms with van der Waals surface area (Å²) in [6.45, 7) is 6.30. The van der Waals surface area contributed by atoms with Crippen LogP contribution in [0.25, 0.3) is 0 Å². The van der Waals surface area contributed by atoms with Crippen molar-refractivity contribution in [3.05, 3.63) is 30.3 Å². The molecule has 1 N–H and O–H groups in total. The summed E-state index contributed by atoms with van der Waals surface area (Å²) in [6.07, 6.45) is 5.33.